The summed E-state index contributed by atoms with van der Waals surface area (Å²) in [6.07, 6.45) is 0. The zero-order chi connectivity index (χ0) is 20.7. The summed E-state index contributed by atoms with van der Waals surface area (Å²) in [6.45, 7) is 10.4. The molecule has 28 heavy (non-hydrogen) atoms. The fraction of sp³-hybridized carbons (Fsp3) is 0.391. The van der Waals surface area contributed by atoms with Crippen LogP contribution in [0, 0.1) is 20.8 Å². The summed E-state index contributed by atoms with van der Waals surface area (Å²) in [5.41, 5.74) is 4.22. The number of carbonyl (C=O) groups is 2. The van der Waals surface area contributed by atoms with Crippen molar-refractivity contribution < 1.29 is 14.3 Å². The average molecular weight is 383 g/mol. The fourth-order valence-electron chi connectivity index (χ4n) is 2.98. The number of amides is 2. The SMILES string of the molecule is CCNC(=O)[C@H](C)N(Cc1ccccc1C)C(=O)COc1cccc(C)c1C. The first-order chi connectivity index (χ1) is 13.3. The lowest BCUT2D eigenvalue weighted by atomic mass is 10.1. The van der Waals surface area contributed by atoms with E-state index in [9.17, 15) is 9.59 Å². The lowest BCUT2D eigenvalue weighted by Gasteiger charge is -2.29. The summed E-state index contributed by atoms with van der Waals surface area (Å²) in [5, 5.41) is 2.80. The molecular formula is C23H30N2O3. The quantitative estimate of drug-likeness (QED) is 0.760. The van der Waals surface area contributed by atoms with Crippen LogP contribution in [0.1, 0.15) is 36.1 Å². The van der Waals surface area contributed by atoms with Crippen molar-refractivity contribution in [3.63, 3.8) is 0 Å². The number of ether oxygens (including phenoxy) is 1. The van der Waals surface area contributed by atoms with Gasteiger partial charge in [0.1, 0.15) is 11.8 Å². The highest BCUT2D eigenvalue weighted by Crippen LogP contribution is 2.21. The third-order valence-corrected chi connectivity index (χ3v) is 5.03. The first kappa shape index (κ1) is 21.5. The second-order valence-electron chi connectivity index (χ2n) is 7.01. The van der Waals surface area contributed by atoms with Gasteiger partial charge in [-0.3, -0.25) is 9.59 Å². The van der Waals surface area contributed by atoms with Crippen LogP contribution in [0.15, 0.2) is 42.5 Å². The van der Waals surface area contributed by atoms with E-state index < -0.39 is 6.04 Å². The van der Waals surface area contributed by atoms with Gasteiger partial charge in [-0.2, -0.15) is 0 Å². The molecule has 2 amide bonds. The fourth-order valence-corrected chi connectivity index (χ4v) is 2.98. The molecule has 0 fully saturated rings. The normalized spacial score (nSPS) is 11.6. The topological polar surface area (TPSA) is 58.6 Å². The summed E-state index contributed by atoms with van der Waals surface area (Å²) >= 11 is 0. The van der Waals surface area contributed by atoms with Gasteiger partial charge in [0, 0.05) is 13.1 Å². The molecule has 150 valence electrons. The lowest BCUT2D eigenvalue weighted by molar-refractivity contribution is -0.142. The summed E-state index contributed by atoms with van der Waals surface area (Å²) in [4.78, 5) is 27.0. The van der Waals surface area contributed by atoms with Gasteiger partial charge in [0.2, 0.25) is 5.91 Å². The number of carbonyl (C=O) groups excluding carboxylic acids is 2. The molecule has 1 atom stereocenters. The molecule has 1 N–H and O–H groups in total. The van der Waals surface area contributed by atoms with E-state index in [0.717, 1.165) is 22.3 Å². The van der Waals surface area contributed by atoms with Crippen LogP contribution in [-0.2, 0) is 16.1 Å². The van der Waals surface area contributed by atoms with E-state index >= 15 is 0 Å². The van der Waals surface area contributed by atoms with Crippen molar-refractivity contribution >= 4 is 11.8 Å². The Morgan fingerprint density at radius 1 is 1.04 bits per heavy atom. The number of aryl methyl sites for hydroxylation is 2. The zero-order valence-electron chi connectivity index (χ0n) is 17.4. The number of hydrogen-bond donors (Lipinski definition) is 1. The minimum atomic E-state index is -0.589. The van der Waals surface area contributed by atoms with Crippen molar-refractivity contribution in [2.45, 2.75) is 47.2 Å². The van der Waals surface area contributed by atoms with Crippen molar-refractivity contribution in [3.8, 4) is 5.75 Å². The summed E-state index contributed by atoms with van der Waals surface area (Å²) in [5.74, 6) is 0.300. The molecule has 0 radical (unpaired) electrons. The molecule has 0 spiro atoms. The molecule has 0 saturated heterocycles. The van der Waals surface area contributed by atoms with Crippen molar-refractivity contribution in [1.82, 2.24) is 10.2 Å². The largest absolute Gasteiger partial charge is 0.483 e. The summed E-state index contributed by atoms with van der Waals surface area (Å²) in [6, 6.07) is 13.1. The van der Waals surface area contributed by atoms with Crippen LogP contribution in [0.2, 0.25) is 0 Å². The number of nitrogens with one attached hydrogen (secondary N) is 1. The Morgan fingerprint density at radius 2 is 1.71 bits per heavy atom. The van der Waals surface area contributed by atoms with Gasteiger partial charge in [-0.25, -0.2) is 0 Å². The van der Waals surface area contributed by atoms with Crippen molar-refractivity contribution in [2.75, 3.05) is 13.2 Å². The van der Waals surface area contributed by atoms with Gasteiger partial charge in [0.15, 0.2) is 6.61 Å². The molecule has 5 heteroatoms. The van der Waals surface area contributed by atoms with Crippen LogP contribution in [-0.4, -0.2) is 35.9 Å². The van der Waals surface area contributed by atoms with E-state index in [1.807, 2.05) is 70.2 Å². The van der Waals surface area contributed by atoms with Crippen LogP contribution < -0.4 is 10.1 Å². The number of benzene rings is 2. The molecule has 0 unspecified atom stereocenters. The Labute approximate surface area is 167 Å². The standard InChI is InChI=1S/C23H30N2O3/c1-6-24-23(27)19(5)25(14-20-12-8-7-10-17(20)3)22(26)15-28-21-13-9-11-16(2)18(21)4/h7-13,19H,6,14-15H2,1-5H3,(H,24,27)/t19-/m0/s1. The van der Waals surface area contributed by atoms with Crippen LogP contribution in [0.5, 0.6) is 5.75 Å². The van der Waals surface area contributed by atoms with Crippen LogP contribution in [0.4, 0.5) is 0 Å². The molecule has 5 nitrogen and oxygen atoms in total. The predicted molar refractivity (Wildman–Crippen MR) is 111 cm³/mol. The van der Waals surface area contributed by atoms with Gasteiger partial charge in [-0.15, -0.1) is 0 Å². The van der Waals surface area contributed by atoms with Gasteiger partial charge in [0.05, 0.1) is 0 Å². The highest BCUT2D eigenvalue weighted by molar-refractivity contribution is 5.88. The molecule has 2 aromatic rings. The Hall–Kier alpha value is -2.82. The monoisotopic (exact) mass is 382 g/mol. The maximum absolute atomic E-state index is 13.0. The molecule has 0 bridgehead atoms. The Bertz CT molecular complexity index is 832. The van der Waals surface area contributed by atoms with E-state index in [4.69, 9.17) is 4.74 Å². The average Bonchev–Trinajstić information content (AvgIpc) is 2.68. The van der Waals surface area contributed by atoms with Crippen LogP contribution >= 0.6 is 0 Å². The van der Waals surface area contributed by atoms with E-state index in [1.165, 1.54) is 0 Å². The van der Waals surface area contributed by atoms with Gasteiger partial charge < -0.3 is 15.0 Å². The van der Waals surface area contributed by atoms with E-state index in [1.54, 1.807) is 11.8 Å². The van der Waals surface area contributed by atoms with Gasteiger partial charge in [0.25, 0.3) is 5.91 Å². The van der Waals surface area contributed by atoms with Crippen LogP contribution in [0.25, 0.3) is 0 Å². The molecule has 0 heterocycles. The van der Waals surface area contributed by atoms with Gasteiger partial charge in [-0.1, -0.05) is 36.4 Å². The molecule has 0 aliphatic carbocycles. The van der Waals surface area contributed by atoms with Crippen molar-refractivity contribution in [1.29, 1.82) is 0 Å². The molecule has 2 aromatic carbocycles. The first-order valence-corrected chi connectivity index (χ1v) is 9.65. The lowest BCUT2D eigenvalue weighted by Crippen LogP contribution is -2.49. The molecule has 0 aliphatic heterocycles. The first-order valence-electron chi connectivity index (χ1n) is 9.65. The Morgan fingerprint density at radius 3 is 2.39 bits per heavy atom. The Kier molecular flexibility index (Phi) is 7.61. The van der Waals surface area contributed by atoms with E-state index in [0.29, 0.717) is 18.8 Å². The molecular weight excluding hydrogens is 352 g/mol. The number of hydrogen-bond acceptors (Lipinski definition) is 3. The Balaban J connectivity index is 2.19. The molecule has 0 aliphatic rings. The van der Waals surface area contributed by atoms with Gasteiger partial charge in [-0.05, 0) is 62.9 Å². The third kappa shape index (κ3) is 5.35. The predicted octanol–water partition coefficient (Wildman–Crippen LogP) is 3.54. The summed E-state index contributed by atoms with van der Waals surface area (Å²) < 4.78 is 5.80. The van der Waals surface area contributed by atoms with Crippen molar-refractivity contribution in [2.24, 2.45) is 0 Å². The molecule has 0 aromatic heterocycles. The second kappa shape index (κ2) is 9.93. The highest BCUT2D eigenvalue weighted by Gasteiger charge is 2.26. The number of likely N-dealkylation sites (N-methyl/N-ethyl adjacent to an activating group) is 1. The maximum Gasteiger partial charge on any atom is 0.261 e. The minimum Gasteiger partial charge on any atom is -0.483 e. The van der Waals surface area contributed by atoms with E-state index in [2.05, 4.69) is 5.32 Å². The maximum atomic E-state index is 13.0. The second-order valence-corrected chi connectivity index (χ2v) is 7.01. The van der Waals surface area contributed by atoms with Crippen LogP contribution in [0.3, 0.4) is 0 Å². The van der Waals surface area contributed by atoms with Gasteiger partial charge >= 0.3 is 0 Å². The van der Waals surface area contributed by atoms with E-state index in [-0.39, 0.29) is 18.4 Å². The smallest absolute Gasteiger partial charge is 0.261 e. The van der Waals surface area contributed by atoms with Crippen molar-refractivity contribution in [3.05, 3.63) is 64.7 Å². The third-order valence-electron chi connectivity index (χ3n) is 5.03. The molecule has 2 rings (SSSR count). The number of nitrogens with zero attached hydrogens (tertiary/aromatic N) is 1. The number of rotatable bonds is 8. The highest BCUT2D eigenvalue weighted by atomic mass is 16.5. The zero-order valence-corrected chi connectivity index (χ0v) is 17.4. The minimum absolute atomic E-state index is 0.111. The summed E-state index contributed by atoms with van der Waals surface area (Å²) in [7, 11) is 0. The molecule has 0 saturated carbocycles.